The molecule has 0 spiro atoms. The highest BCUT2D eigenvalue weighted by Gasteiger charge is 2.28. The van der Waals surface area contributed by atoms with E-state index in [2.05, 4.69) is 5.32 Å². The van der Waals surface area contributed by atoms with Crippen molar-refractivity contribution < 1.29 is 23.5 Å². The minimum absolute atomic E-state index is 0.0748. The Morgan fingerprint density at radius 3 is 2.21 bits per heavy atom. The summed E-state index contributed by atoms with van der Waals surface area (Å²) in [5.41, 5.74) is 2.01. The number of methoxy groups -OCH3 is 2. The van der Waals surface area contributed by atoms with Crippen LogP contribution in [-0.4, -0.2) is 44.0 Å². The summed E-state index contributed by atoms with van der Waals surface area (Å²) in [6.07, 6.45) is 1.15. The van der Waals surface area contributed by atoms with E-state index in [1.807, 2.05) is 13.0 Å². The van der Waals surface area contributed by atoms with Gasteiger partial charge in [-0.1, -0.05) is 0 Å². The summed E-state index contributed by atoms with van der Waals surface area (Å²) >= 11 is 0. The lowest BCUT2D eigenvalue weighted by molar-refractivity contribution is -0.121. The van der Waals surface area contributed by atoms with Gasteiger partial charge in [0, 0.05) is 36.3 Å². The van der Waals surface area contributed by atoms with Crippen LogP contribution in [0.5, 0.6) is 11.5 Å². The highest BCUT2D eigenvalue weighted by molar-refractivity contribution is 5.95. The van der Waals surface area contributed by atoms with E-state index in [-0.39, 0.29) is 23.5 Å². The molecule has 3 rings (SSSR count). The molecule has 6 nitrogen and oxygen atoms in total. The smallest absolute Gasteiger partial charge is 0.253 e. The molecule has 0 bridgehead atoms. The molecule has 2 aromatic carbocycles. The number of piperidine rings is 1. The monoisotopic (exact) mass is 400 g/mol. The topological polar surface area (TPSA) is 67.9 Å². The second-order valence-electron chi connectivity index (χ2n) is 7.08. The number of anilines is 1. The van der Waals surface area contributed by atoms with Crippen molar-refractivity contribution >= 4 is 17.5 Å². The van der Waals surface area contributed by atoms with Crippen molar-refractivity contribution in [1.82, 2.24) is 4.90 Å². The van der Waals surface area contributed by atoms with Crippen molar-refractivity contribution in [2.24, 2.45) is 5.92 Å². The summed E-state index contributed by atoms with van der Waals surface area (Å²) in [4.78, 5) is 27.0. The standard InChI is InChI=1S/C22H25FN2O4/c1-14-12-19(28-2)20(29-3)13-18(14)24-21(26)15-8-10-25(11-9-15)22(27)16-4-6-17(23)7-5-16/h4-7,12-13,15H,8-11H2,1-3H3,(H,24,26). The number of ether oxygens (including phenoxy) is 2. The minimum atomic E-state index is -0.373. The van der Waals surface area contributed by atoms with Gasteiger partial charge in [0.05, 0.1) is 14.2 Å². The average molecular weight is 400 g/mol. The zero-order valence-corrected chi connectivity index (χ0v) is 16.8. The lowest BCUT2D eigenvalue weighted by atomic mass is 9.95. The van der Waals surface area contributed by atoms with Crippen molar-refractivity contribution in [3.8, 4) is 11.5 Å². The number of carbonyl (C=O) groups excluding carboxylic acids is 2. The van der Waals surface area contributed by atoms with Gasteiger partial charge in [0.15, 0.2) is 11.5 Å². The fourth-order valence-electron chi connectivity index (χ4n) is 3.47. The van der Waals surface area contributed by atoms with Crippen LogP contribution in [-0.2, 0) is 4.79 Å². The number of amides is 2. The molecular formula is C22H25FN2O4. The molecule has 0 unspecified atom stereocenters. The number of halogens is 1. The molecule has 154 valence electrons. The quantitative estimate of drug-likeness (QED) is 0.832. The van der Waals surface area contributed by atoms with Crippen LogP contribution in [0.2, 0.25) is 0 Å². The van der Waals surface area contributed by atoms with E-state index in [4.69, 9.17) is 9.47 Å². The van der Waals surface area contributed by atoms with Gasteiger partial charge in [0.2, 0.25) is 5.91 Å². The Kier molecular flexibility index (Phi) is 6.36. The Balaban J connectivity index is 1.60. The van der Waals surface area contributed by atoms with Crippen molar-refractivity contribution in [3.05, 3.63) is 53.3 Å². The number of hydrogen-bond acceptors (Lipinski definition) is 4. The predicted octanol–water partition coefficient (Wildman–Crippen LogP) is 3.64. The van der Waals surface area contributed by atoms with Crippen molar-refractivity contribution in [2.45, 2.75) is 19.8 Å². The number of nitrogens with one attached hydrogen (secondary N) is 1. The lowest BCUT2D eigenvalue weighted by Crippen LogP contribution is -2.41. The molecule has 0 aromatic heterocycles. The molecule has 0 atom stereocenters. The molecule has 0 aliphatic carbocycles. The molecule has 1 heterocycles. The third-order valence-corrected chi connectivity index (χ3v) is 5.23. The molecule has 1 fully saturated rings. The lowest BCUT2D eigenvalue weighted by Gasteiger charge is -2.31. The van der Waals surface area contributed by atoms with Crippen LogP contribution in [0.3, 0.4) is 0 Å². The second-order valence-corrected chi connectivity index (χ2v) is 7.08. The Labute approximate surface area is 169 Å². The molecule has 0 radical (unpaired) electrons. The largest absolute Gasteiger partial charge is 0.493 e. The summed E-state index contributed by atoms with van der Waals surface area (Å²) in [7, 11) is 3.11. The van der Waals surface area contributed by atoms with Gasteiger partial charge in [-0.25, -0.2) is 4.39 Å². The molecule has 1 aliphatic rings. The summed E-state index contributed by atoms with van der Waals surface area (Å²) in [5, 5.41) is 2.97. The molecule has 7 heteroatoms. The number of hydrogen-bond donors (Lipinski definition) is 1. The first kappa shape index (κ1) is 20.6. The molecule has 1 saturated heterocycles. The molecule has 1 aliphatic heterocycles. The van der Waals surface area contributed by atoms with Gasteiger partial charge in [-0.2, -0.15) is 0 Å². The van der Waals surface area contributed by atoms with Gasteiger partial charge < -0.3 is 19.7 Å². The number of rotatable bonds is 5. The first-order chi connectivity index (χ1) is 13.9. The highest BCUT2D eigenvalue weighted by atomic mass is 19.1. The van der Waals surface area contributed by atoms with Crippen molar-refractivity contribution in [1.29, 1.82) is 0 Å². The van der Waals surface area contributed by atoms with Gasteiger partial charge >= 0.3 is 0 Å². The molecule has 2 aromatic rings. The maximum Gasteiger partial charge on any atom is 0.253 e. The normalized spacial score (nSPS) is 14.4. The Morgan fingerprint density at radius 2 is 1.62 bits per heavy atom. The van der Waals surface area contributed by atoms with E-state index in [1.54, 1.807) is 25.2 Å². The van der Waals surface area contributed by atoms with Crippen LogP contribution in [0.25, 0.3) is 0 Å². The molecule has 29 heavy (non-hydrogen) atoms. The Hall–Kier alpha value is -3.09. The minimum Gasteiger partial charge on any atom is -0.493 e. The van der Waals surface area contributed by atoms with E-state index in [9.17, 15) is 14.0 Å². The second kappa shape index (κ2) is 8.94. The number of nitrogens with zero attached hydrogens (tertiary/aromatic N) is 1. The fraction of sp³-hybridized carbons (Fsp3) is 0.364. The number of aryl methyl sites for hydroxylation is 1. The molecule has 0 saturated carbocycles. The van der Waals surface area contributed by atoms with E-state index in [0.717, 1.165) is 5.56 Å². The van der Waals surface area contributed by atoms with Gasteiger partial charge in [-0.05, 0) is 55.7 Å². The predicted molar refractivity (Wildman–Crippen MR) is 108 cm³/mol. The summed E-state index contributed by atoms with van der Waals surface area (Å²) in [5.74, 6) is 0.389. The van der Waals surface area contributed by atoms with E-state index in [1.165, 1.54) is 24.3 Å². The highest BCUT2D eigenvalue weighted by Crippen LogP contribution is 2.33. The van der Waals surface area contributed by atoms with Crippen molar-refractivity contribution in [3.63, 3.8) is 0 Å². The molecular weight excluding hydrogens is 375 g/mol. The maximum atomic E-state index is 13.0. The van der Waals surface area contributed by atoms with Crippen LogP contribution in [0, 0.1) is 18.7 Å². The van der Waals surface area contributed by atoms with Gasteiger partial charge in [0.25, 0.3) is 5.91 Å². The van der Waals surface area contributed by atoms with E-state index in [0.29, 0.717) is 48.7 Å². The summed E-state index contributed by atoms with van der Waals surface area (Å²) in [6, 6.07) is 9.09. The SMILES string of the molecule is COc1cc(C)c(NC(=O)C2CCN(C(=O)c3ccc(F)cc3)CC2)cc1OC. The zero-order valence-electron chi connectivity index (χ0n) is 16.8. The van der Waals surface area contributed by atoms with Crippen LogP contribution >= 0.6 is 0 Å². The zero-order chi connectivity index (χ0) is 21.0. The fourth-order valence-corrected chi connectivity index (χ4v) is 3.47. The van der Waals surface area contributed by atoms with Crippen LogP contribution in [0.1, 0.15) is 28.8 Å². The van der Waals surface area contributed by atoms with E-state index >= 15 is 0 Å². The molecule has 1 N–H and O–H groups in total. The maximum absolute atomic E-state index is 13.0. The van der Waals surface area contributed by atoms with Crippen LogP contribution in [0.15, 0.2) is 36.4 Å². The summed E-state index contributed by atoms with van der Waals surface area (Å²) < 4.78 is 23.6. The number of carbonyl (C=O) groups is 2. The van der Waals surface area contributed by atoms with Gasteiger partial charge in [0.1, 0.15) is 5.82 Å². The van der Waals surface area contributed by atoms with Gasteiger partial charge in [-0.15, -0.1) is 0 Å². The Bertz CT molecular complexity index is 890. The average Bonchev–Trinajstić information content (AvgIpc) is 2.75. The summed E-state index contributed by atoms with van der Waals surface area (Å²) in [6.45, 7) is 2.86. The third kappa shape index (κ3) is 4.67. The number of likely N-dealkylation sites (tertiary alicyclic amines) is 1. The van der Waals surface area contributed by atoms with Gasteiger partial charge in [-0.3, -0.25) is 9.59 Å². The molecule has 2 amide bonds. The first-order valence-electron chi connectivity index (χ1n) is 9.51. The third-order valence-electron chi connectivity index (χ3n) is 5.23. The first-order valence-corrected chi connectivity index (χ1v) is 9.51. The Morgan fingerprint density at radius 1 is 1.03 bits per heavy atom. The number of benzene rings is 2. The van der Waals surface area contributed by atoms with Crippen LogP contribution in [0.4, 0.5) is 10.1 Å². The van der Waals surface area contributed by atoms with E-state index < -0.39 is 0 Å². The van der Waals surface area contributed by atoms with Crippen LogP contribution < -0.4 is 14.8 Å². The van der Waals surface area contributed by atoms with Crippen molar-refractivity contribution in [2.75, 3.05) is 32.6 Å².